The quantitative estimate of drug-likeness (QED) is 0.0114. The van der Waals surface area contributed by atoms with Crippen LogP contribution in [0.4, 0.5) is 22.5 Å². The number of carbonyl (C=O) groups is 8. The van der Waals surface area contributed by atoms with E-state index in [9.17, 15) is 53.7 Å². The zero-order valence-electron chi connectivity index (χ0n) is 79.6. The molecule has 7 aliphatic rings. The molecule has 12 heterocycles. The number of H-pyrrole nitrogens is 1. The van der Waals surface area contributed by atoms with Crippen molar-refractivity contribution in [3.05, 3.63) is 149 Å². The number of piperidine rings is 1. The van der Waals surface area contributed by atoms with Gasteiger partial charge in [-0.2, -0.15) is 5.10 Å². The number of pyridine rings is 1. The number of ketones is 3. The van der Waals surface area contributed by atoms with E-state index in [-0.39, 0.29) is 87.8 Å². The van der Waals surface area contributed by atoms with Crippen LogP contribution in [0.2, 0.25) is 0 Å². The highest BCUT2D eigenvalue weighted by molar-refractivity contribution is 6.39. The standard InChI is InChI=1S/C99H132N18O20/c1-60-14-10-9-11-15-61(2)80(129-7)50-74-21-17-65(6)99(128,137-74)89(123)94(125)116-29-13-12-16-77(116)95(126)135-81(51-78(118)62(3)45-64(5)87(121)88(122)86(120)63(4)44-60)75(100)47-66-19-22-79(82(48-66)130-8)136-98(127)115-31-25-76-73(58-115)55-107-97(110-76)113-34-32-112(33-35-113)96-105-53-72(54-106-96)93(124)103-28-37-132-39-41-134-43-42-133-40-38-131-36-26-83(119)114-30-24-68-46-67(18-20-70(68)57-114)56-117-92-84(90(101)108-59-109-92)85(111-117)71-49-69-23-27-102-91(69)104-52-71/h9-11,14-15,18,20,23,27,45-46,49,52-55,59-60,62-63,65-66,74-75,77,79-82,87-88,121-122,128H,12-13,16-17,19,21-22,24-26,28-44,47-48,50-51,56-58,100H2,1-8H3,(H,102,104)(H,103,124)(H2,101,108,109)/b11-9?,14-10+,61-15?,64-45+/t60-,62-,63-,65-,66+,74+,75-,77+,79-,80+,81+,82-,87-,88+,99-/m1/s1. The van der Waals surface area contributed by atoms with E-state index in [1.807, 2.05) is 77.0 Å². The summed E-state index contributed by atoms with van der Waals surface area (Å²) in [5.74, 6) is -8.26. The van der Waals surface area contributed by atoms with Crippen LogP contribution in [-0.4, -0.2) is 307 Å². The number of hydrogen-bond donors (Lipinski definition) is 7. The summed E-state index contributed by atoms with van der Waals surface area (Å²) in [5.41, 5.74) is 22.7. The summed E-state index contributed by atoms with van der Waals surface area (Å²) in [6.07, 6.45) is 18.1. The molecule has 2 bridgehead atoms. The number of rotatable bonds is 27. The van der Waals surface area contributed by atoms with Crippen LogP contribution in [0.3, 0.4) is 0 Å². The molecule has 1 aromatic carbocycles. The van der Waals surface area contributed by atoms with Crippen molar-refractivity contribution in [2.45, 2.75) is 218 Å². The molecule has 1 aliphatic carbocycles. The van der Waals surface area contributed by atoms with Crippen LogP contribution >= 0.6 is 0 Å². The molecule has 6 aromatic heterocycles. The number of methoxy groups -OCH3 is 2. The molecule has 38 heteroatoms. The molecule has 0 radical (unpaired) electrons. The molecule has 0 spiro atoms. The second kappa shape index (κ2) is 47.8. The van der Waals surface area contributed by atoms with E-state index in [2.05, 4.69) is 58.3 Å². The van der Waals surface area contributed by atoms with Gasteiger partial charge in [-0.05, 0) is 136 Å². The van der Waals surface area contributed by atoms with E-state index < -0.39 is 120 Å². The second-order valence-corrected chi connectivity index (χ2v) is 37.2. The Kier molecular flexibility index (Phi) is 35.5. The van der Waals surface area contributed by atoms with Gasteiger partial charge in [0.25, 0.3) is 17.6 Å². The van der Waals surface area contributed by atoms with Crippen LogP contribution in [0.5, 0.6) is 0 Å². The predicted molar refractivity (Wildman–Crippen MR) is 506 cm³/mol. The number of anilines is 3. The van der Waals surface area contributed by atoms with Crippen molar-refractivity contribution in [1.82, 2.24) is 69.7 Å². The number of carbonyl (C=O) groups excluding carboxylic acids is 8. The second-order valence-electron chi connectivity index (χ2n) is 37.2. The molecule has 137 heavy (non-hydrogen) atoms. The first-order valence-corrected chi connectivity index (χ1v) is 48.0. The average Bonchev–Trinajstić information content (AvgIpc) is 1.61. The van der Waals surface area contributed by atoms with Crippen molar-refractivity contribution in [3.8, 4) is 11.3 Å². The van der Waals surface area contributed by atoms with Crippen LogP contribution in [0.25, 0.3) is 33.3 Å². The van der Waals surface area contributed by atoms with Crippen molar-refractivity contribution >= 4 is 86.9 Å². The molecule has 738 valence electrons. The lowest BCUT2D eigenvalue weighted by Crippen LogP contribution is -2.61. The molecule has 4 fully saturated rings. The maximum absolute atomic E-state index is 14.8. The van der Waals surface area contributed by atoms with Gasteiger partial charge in [-0.15, -0.1) is 0 Å². The van der Waals surface area contributed by atoms with Gasteiger partial charge in [0.1, 0.15) is 59.7 Å². The highest BCUT2D eigenvalue weighted by Crippen LogP contribution is 2.40. The number of Topliss-reactive ketones (excluding diaryl/α,β-unsaturated/α-hetero) is 3. The molecule has 14 rings (SSSR count). The zero-order valence-corrected chi connectivity index (χ0v) is 79.6. The third-order valence-corrected chi connectivity index (χ3v) is 27.5. The molecule has 3 saturated heterocycles. The zero-order chi connectivity index (χ0) is 97.0. The number of hydrogen-bond acceptors (Lipinski definition) is 32. The number of nitrogens with one attached hydrogen (secondary N) is 2. The lowest BCUT2D eigenvalue weighted by Gasteiger charge is -2.42. The number of cyclic esters (lactones) is 1. The van der Waals surface area contributed by atoms with Gasteiger partial charge in [-0.3, -0.25) is 28.8 Å². The summed E-state index contributed by atoms with van der Waals surface area (Å²) in [4.78, 5) is 156. The fraction of sp³-hybridized carbons (Fsp3) is 0.576. The number of aromatic nitrogens is 10. The molecule has 9 N–H and O–H groups in total. The van der Waals surface area contributed by atoms with Crippen molar-refractivity contribution in [3.63, 3.8) is 0 Å². The number of nitrogens with two attached hydrogens (primary N) is 2. The maximum atomic E-state index is 14.8. The first kappa shape index (κ1) is 102. The minimum absolute atomic E-state index is 0.00738. The highest BCUT2D eigenvalue weighted by Gasteiger charge is 2.54. The molecular formula is C99H132N18O20. The summed E-state index contributed by atoms with van der Waals surface area (Å²) in [6.45, 7) is 17.7. The minimum atomic E-state index is -2.52. The number of nitrogen functional groups attached to an aromatic ring is 1. The van der Waals surface area contributed by atoms with Gasteiger partial charge in [-0.1, -0.05) is 82.4 Å². The number of amides is 4. The van der Waals surface area contributed by atoms with Gasteiger partial charge in [0, 0.05) is 164 Å². The van der Waals surface area contributed by atoms with E-state index in [1.54, 1.807) is 45.2 Å². The topological polar surface area (TPSA) is 484 Å². The molecule has 7 aromatic rings. The Bertz CT molecular complexity index is 5490. The molecular weight excluding hydrogens is 1760 g/mol. The minimum Gasteiger partial charge on any atom is -0.459 e. The number of nitrogens with zero attached hydrogens (tertiary/aromatic N) is 14. The van der Waals surface area contributed by atoms with E-state index in [0.29, 0.717) is 190 Å². The molecule has 4 amide bonds. The maximum Gasteiger partial charge on any atom is 0.410 e. The summed E-state index contributed by atoms with van der Waals surface area (Å²) >= 11 is 0. The van der Waals surface area contributed by atoms with Crippen LogP contribution in [0.15, 0.2) is 115 Å². The van der Waals surface area contributed by atoms with Crippen molar-refractivity contribution in [1.29, 1.82) is 0 Å². The van der Waals surface area contributed by atoms with Crippen LogP contribution < -0.4 is 26.6 Å². The van der Waals surface area contributed by atoms with E-state index in [1.165, 1.54) is 44.4 Å². The van der Waals surface area contributed by atoms with Gasteiger partial charge in [0.2, 0.25) is 23.6 Å². The van der Waals surface area contributed by atoms with Crippen LogP contribution in [0.1, 0.15) is 163 Å². The fourth-order valence-corrected chi connectivity index (χ4v) is 19.2. The molecule has 38 nitrogen and oxygen atoms in total. The molecule has 1 saturated carbocycles. The number of aliphatic hydroxyl groups excluding tert-OH is 2. The first-order chi connectivity index (χ1) is 66.1. The number of ether oxygens (including phenoxy) is 9. The highest BCUT2D eigenvalue weighted by atomic mass is 16.6. The Morgan fingerprint density at radius 3 is 2.18 bits per heavy atom. The summed E-state index contributed by atoms with van der Waals surface area (Å²) in [5, 5.41) is 44.2. The Balaban J connectivity index is 0.475. The normalized spacial score (nSPS) is 26.4. The van der Waals surface area contributed by atoms with Crippen molar-refractivity contribution < 1.29 is 96.3 Å². The summed E-state index contributed by atoms with van der Waals surface area (Å²) in [7, 11) is 3.09. The number of piperazine rings is 1. The Morgan fingerprint density at radius 1 is 0.701 bits per heavy atom. The largest absolute Gasteiger partial charge is 0.459 e. The fourth-order valence-electron chi connectivity index (χ4n) is 19.2. The van der Waals surface area contributed by atoms with Gasteiger partial charge in [0.05, 0.1) is 107 Å². The molecule has 6 aliphatic heterocycles. The predicted octanol–water partition coefficient (Wildman–Crippen LogP) is 7.41. The Hall–Kier alpha value is -11.3. The molecule has 0 unspecified atom stereocenters. The van der Waals surface area contributed by atoms with E-state index in [0.717, 1.165) is 55.9 Å². The number of aromatic amines is 1. The van der Waals surface area contributed by atoms with Crippen LogP contribution in [-0.2, 0) is 104 Å². The first-order valence-electron chi connectivity index (χ1n) is 48.0. The SMILES string of the molecule is CO[C@H]1C[C@@H]2CC[C@@H](C)[C@@](O)(O2)C(=O)C(=O)N2CCCC[C@H]2C(=O)O[C@H]([C@H](N)C[C@@H]2CC[C@@H](OC(=O)N3CCc4nc(N5CCN(c6ncc(C(=O)NCCOCCOCCOCCOCCC(=O)N7CCc8cc(Cn9nc(-c%10cnc%11[nH]ccc%11c%10)c%10c(N)ncnc%109)ccc8C7)cn6)CC5)ncc4C3)[C@H](OC)C2)CC(=O)[C@H](C)/C=C(\C)[C@@H](O)[C@@H](O)C(=O)[C@H](C)C[C@H](C)/C=C/C=CC=C1C. The monoisotopic (exact) mass is 1890 g/mol. The number of benzene rings is 1. The number of esters is 1. The van der Waals surface area contributed by atoms with Gasteiger partial charge < -0.3 is 104 Å². The third-order valence-electron chi connectivity index (χ3n) is 27.5. The number of aliphatic hydroxyl groups is 3. The number of allylic oxidation sites excluding steroid dienone is 6. The van der Waals surface area contributed by atoms with Crippen molar-refractivity contribution in [2.75, 3.05) is 135 Å². The van der Waals surface area contributed by atoms with E-state index >= 15 is 0 Å². The van der Waals surface area contributed by atoms with E-state index in [4.69, 9.17) is 69.2 Å². The van der Waals surface area contributed by atoms with Gasteiger partial charge in [-0.25, -0.2) is 49.2 Å². The summed E-state index contributed by atoms with van der Waals surface area (Å²) < 4.78 is 55.2. The Labute approximate surface area is 797 Å². The summed E-state index contributed by atoms with van der Waals surface area (Å²) in [6, 6.07) is 8.05. The lowest BCUT2D eigenvalue weighted by atomic mass is 9.80. The number of fused-ring (bicyclic) bond motifs is 7. The Morgan fingerprint density at radius 2 is 1.42 bits per heavy atom. The lowest BCUT2D eigenvalue weighted by molar-refractivity contribution is -0.265. The smallest absolute Gasteiger partial charge is 0.410 e. The third kappa shape index (κ3) is 25.8. The van der Waals surface area contributed by atoms with Crippen molar-refractivity contribution in [2.24, 2.45) is 35.3 Å². The van der Waals surface area contributed by atoms with Gasteiger partial charge in [0.15, 0.2) is 11.4 Å². The average molecular weight is 1890 g/mol. The van der Waals surface area contributed by atoms with Crippen LogP contribution in [0, 0.1) is 29.6 Å². The molecule has 15 atom stereocenters. The van der Waals surface area contributed by atoms with Gasteiger partial charge >= 0.3 is 12.1 Å².